The molecule has 10 nitrogen and oxygen atoms in total. The predicted molar refractivity (Wildman–Crippen MR) is 158 cm³/mol. The van der Waals surface area contributed by atoms with Gasteiger partial charge in [-0.3, -0.25) is 4.99 Å². The molecular weight excluding hydrogens is 576 g/mol. The van der Waals surface area contributed by atoms with Crippen LogP contribution in [0.3, 0.4) is 0 Å². The Morgan fingerprint density at radius 1 is 1.32 bits per heavy atom. The zero-order valence-corrected chi connectivity index (χ0v) is 25.3. The maximum absolute atomic E-state index is 15.1. The van der Waals surface area contributed by atoms with Gasteiger partial charge in [0.1, 0.15) is 10.8 Å². The number of nitrogens with two attached hydrogens (primary N) is 1. The lowest BCUT2D eigenvalue weighted by Crippen LogP contribution is -2.45. The summed E-state index contributed by atoms with van der Waals surface area (Å²) in [5.41, 5.74) is 7.75. The molecule has 1 atom stereocenters. The van der Waals surface area contributed by atoms with Gasteiger partial charge in [0, 0.05) is 13.3 Å². The number of likely N-dealkylation sites (tertiary alicyclic amines) is 1. The Balaban J connectivity index is 1.68. The Labute approximate surface area is 244 Å². The molecule has 1 aromatic heterocycles. The van der Waals surface area contributed by atoms with E-state index < -0.39 is 32.0 Å². The number of sulfone groups is 1. The fraction of sp³-hybridized carbons (Fsp3) is 0.519. The highest BCUT2D eigenvalue weighted by Gasteiger charge is 2.45. The van der Waals surface area contributed by atoms with Crippen LogP contribution in [0.5, 0.6) is 5.75 Å². The summed E-state index contributed by atoms with van der Waals surface area (Å²) in [5.74, 6) is -3.16. The lowest BCUT2D eigenvalue weighted by Gasteiger charge is -2.37. The van der Waals surface area contributed by atoms with E-state index in [1.165, 1.54) is 33.3 Å². The van der Waals surface area contributed by atoms with Crippen molar-refractivity contribution in [1.82, 2.24) is 14.9 Å². The van der Waals surface area contributed by atoms with E-state index in [0.717, 1.165) is 12.8 Å². The van der Waals surface area contributed by atoms with Crippen molar-refractivity contribution in [2.45, 2.75) is 63.2 Å². The molecule has 0 radical (unpaired) electrons. The third kappa shape index (κ3) is 7.07. The van der Waals surface area contributed by atoms with Gasteiger partial charge in [-0.25, -0.2) is 22.2 Å². The maximum Gasteiger partial charge on any atom is 0.267 e. The number of ether oxygens (including phenoxy) is 1. The summed E-state index contributed by atoms with van der Waals surface area (Å²) in [6.07, 6.45) is 4.72. The van der Waals surface area contributed by atoms with E-state index in [2.05, 4.69) is 25.6 Å². The van der Waals surface area contributed by atoms with Crippen LogP contribution in [0, 0.1) is 6.92 Å². The van der Waals surface area contributed by atoms with Gasteiger partial charge in [-0.2, -0.15) is 4.98 Å². The molecule has 0 bridgehead atoms. The summed E-state index contributed by atoms with van der Waals surface area (Å²) in [6.45, 7) is 5.11. The van der Waals surface area contributed by atoms with Crippen molar-refractivity contribution in [2.24, 2.45) is 10.7 Å². The summed E-state index contributed by atoms with van der Waals surface area (Å²) < 4.78 is 61.6. The largest absolute Gasteiger partial charge is 0.488 e. The van der Waals surface area contributed by atoms with Gasteiger partial charge in [0.2, 0.25) is 5.95 Å². The van der Waals surface area contributed by atoms with Crippen LogP contribution in [0.4, 0.5) is 26.2 Å². The summed E-state index contributed by atoms with van der Waals surface area (Å²) in [7, 11) is -0.629. The number of nitrogens with zero attached hydrogens (tertiary/aromatic N) is 4. The van der Waals surface area contributed by atoms with Crippen LogP contribution >= 0.6 is 11.6 Å². The molecule has 1 aliphatic carbocycles. The molecule has 4 N–H and O–H groups in total. The SMILES string of the molecule is CN=CC(Nc1nc(Nc2cc(C)c(C3CCN(C)CC3(F)F)cc2OC2CC2)ncc1Cl)=C(N)S(=O)(=O)C(C)C. The number of aryl methyl sites for hydroxylation is 1. The van der Waals surface area contributed by atoms with E-state index in [-0.39, 0.29) is 35.1 Å². The van der Waals surface area contributed by atoms with E-state index in [1.807, 2.05) is 0 Å². The Hall–Kier alpha value is -3.03. The van der Waals surface area contributed by atoms with E-state index in [1.54, 1.807) is 31.0 Å². The number of piperidine rings is 1. The first-order chi connectivity index (χ1) is 19.2. The average Bonchev–Trinajstić information content (AvgIpc) is 3.70. The van der Waals surface area contributed by atoms with Gasteiger partial charge in [0.05, 0.1) is 41.4 Å². The van der Waals surface area contributed by atoms with E-state index in [0.29, 0.717) is 35.5 Å². The van der Waals surface area contributed by atoms with Crippen molar-refractivity contribution in [3.63, 3.8) is 0 Å². The molecule has 2 aliphatic rings. The van der Waals surface area contributed by atoms with Crippen LogP contribution < -0.4 is 21.1 Å². The molecular formula is C27H36ClF2N7O3S. The number of aliphatic imine (C=N–C) groups is 1. The molecule has 14 heteroatoms. The molecule has 2 heterocycles. The minimum Gasteiger partial charge on any atom is -0.488 e. The minimum atomic E-state index is -3.80. The smallest absolute Gasteiger partial charge is 0.267 e. The topological polar surface area (TPSA) is 135 Å². The molecule has 41 heavy (non-hydrogen) atoms. The molecule has 224 valence electrons. The summed E-state index contributed by atoms with van der Waals surface area (Å²) in [5, 5.41) is 4.92. The monoisotopic (exact) mass is 611 g/mol. The van der Waals surface area contributed by atoms with Gasteiger partial charge < -0.3 is 26.0 Å². The summed E-state index contributed by atoms with van der Waals surface area (Å²) >= 11 is 6.33. The molecule has 0 spiro atoms. The van der Waals surface area contributed by atoms with Crippen molar-refractivity contribution in [3.8, 4) is 5.75 Å². The quantitative estimate of drug-likeness (QED) is 0.323. The van der Waals surface area contributed by atoms with Crippen molar-refractivity contribution >= 4 is 45.1 Å². The molecule has 1 aliphatic heterocycles. The standard InChI is InChI=1S/C27H36ClF2N7O3S/c1-15(2)41(38,39)24(31)22(13-32-4)34-25-20(28)12-33-26(36-25)35-21-10-16(3)18(11-23(21)40-17-6-7-17)19-8-9-37(5)14-27(19,29)30/h10-13,15,17,19H,6-9,14,31H2,1-5H3,(H2,33,34,35,36). The fourth-order valence-corrected chi connectivity index (χ4v) is 5.65. The van der Waals surface area contributed by atoms with E-state index in [4.69, 9.17) is 22.1 Å². The van der Waals surface area contributed by atoms with Gasteiger partial charge in [0.25, 0.3) is 5.92 Å². The Bertz CT molecular complexity index is 1460. The van der Waals surface area contributed by atoms with Gasteiger partial charge in [0.15, 0.2) is 20.7 Å². The number of benzene rings is 1. The first-order valence-electron chi connectivity index (χ1n) is 13.3. The van der Waals surface area contributed by atoms with Gasteiger partial charge >= 0.3 is 0 Å². The second-order valence-corrected chi connectivity index (χ2v) is 13.6. The van der Waals surface area contributed by atoms with Gasteiger partial charge in [-0.1, -0.05) is 11.6 Å². The molecule has 1 saturated heterocycles. The number of hydrogen-bond donors (Lipinski definition) is 3. The molecule has 4 rings (SSSR count). The highest BCUT2D eigenvalue weighted by Crippen LogP contribution is 2.45. The van der Waals surface area contributed by atoms with Crippen LogP contribution in [0.25, 0.3) is 0 Å². The van der Waals surface area contributed by atoms with Crippen LogP contribution in [-0.4, -0.2) is 74.0 Å². The van der Waals surface area contributed by atoms with Crippen molar-refractivity contribution in [3.05, 3.63) is 45.2 Å². The zero-order chi connectivity index (χ0) is 30.1. The molecule has 1 unspecified atom stereocenters. The minimum absolute atomic E-state index is 0.00441. The van der Waals surface area contributed by atoms with Crippen molar-refractivity contribution < 1.29 is 21.9 Å². The summed E-state index contributed by atoms with van der Waals surface area (Å²) in [4.78, 5) is 14.2. The molecule has 2 aromatic rings. The molecule has 1 saturated carbocycles. The second-order valence-electron chi connectivity index (χ2n) is 10.8. The average molecular weight is 612 g/mol. The van der Waals surface area contributed by atoms with E-state index in [9.17, 15) is 8.42 Å². The third-order valence-corrected chi connectivity index (χ3v) is 9.40. The highest BCUT2D eigenvalue weighted by atomic mass is 35.5. The lowest BCUT2D eigenvalue weighted by atomic mass is 9.83. The van der Waals surface area contributed by atoms with Gasteiger partial charge in [-0.05, 0) is 76.9 Å². The Morgan fingerprint density at radius 2 is 2.02 bits per heavy atom. The number of nitrogens with one attached hydrogen (secondary N) is 2. The highest BCUT2D eigenvalue weighted by molar-refractivity contribution is 7.95. The Kier molecular flexibility index (Phi) is 9.10. The molecule has 1 aromatic carbocycles. The van der Waals surface area contributed by atoms with Crippen LogP contribution in [0.15, 0.2) is 34.0 Å². The molecule has 0 amide bonds. The van der Waals surface area contributed by atoms with Crippen molar-refractivity contribution in [2.75, 3.05) is 37.8 Å². The lowest BCUT2D eigenvalue weighted by molar-refractivity contribution is -0.0767. The number of hydrogen-bond acceptors (Lipinski definition) is 10. The van der Waals surface area contributed by atoms with E-state index >= 15 is 8.78 Å². The number of alkyl halides is 2. The molecule has 2 fully saturated rings. The predicted octanol–water partition coefficient (Wildman–Crippen LogP) is 4.84. The zero-order valence-electron chi connectivity index (χ0n) is 23.7. The van der Waals surface area contributed by atoms with Gasteiger partial charge in [-0.15, -0.1) is 0 Å². The number of rotatable bonds is 10. The Morgan fingerprint density at radius 3 is 2.63 bits per heavy atom. The number of anilines is 3. The first-order valence-corrected chi connectivity index (χ1v) is 15.2. The van der Waals surface area contributed by atoms with Crippen LogP contribution in [-0.2, 0) is 9.84 Å². The number of aromatic nitrogens is 2. The third-order valence-electron chi connectivity index (χ3n) is 7.05. The van der Waals surface area contributed by atoms with Crippen molar-refractivity contribution in [1.29, 1.82) is 0 Å². The number of allylic oxidation sites excluding steroid dienone is 1. The normalized spacial score (nSPS) is 20.3. The van der Waals surface area contributed by atoms with Crippen LogP contribution in [0.2, 0.25) is 5.02 Å². The maximum atomic E-state index is 15.1. The number of halogens is 3. The fourth-order valence-electron chi connectivity index (χ4n) is 4.59. The first kappa shape index (κ1) is 30.9. The summed E-state index contributed by atoms with van der Waals surface area (Å²) in [6, 6.07) is 3.46. The van der Waals surface area contributed by atoms with Crippen LogP contribution in [0.1, 0.15) is 50.2 Å². The second kappa shape index (κ2) is 12.1.